The van der Waals surface area contributed by atoms with Crippen LogP contribution in [-0.4, -0.2) is 0 Å². The van der Waals surface area contributed by atoms with Crippen LogP contribution in [0.15, 0.2) is 45.3 Å². The molecule has 0 fully saturated rings. The van der Waals surface area contributed by atoms with Crippen molar-refractivity contribution in [3.05, 3.63) is 68.1 Å². The number of hydrogen-bond acceptors (Lipinski definition) is 1. The Labute approximate surface area is 127 Å². The maximum absolute atomic E-state index is 13.8. The number of benzene rings is 2. The molecule has 0 heterocycles. The summed E-state index contributed by atoms with van der Waals surface area (Å²) in [4.78, 5) is 0. The second-order valence-corrected chi connectivity index (χ2v) is 5.96. The van der Waals surface area contributed by atoms with Gasteiger partial charge in [-0.1, -0.05) is 50.1 Å². The average Bonchev–Trinajstić information content (AvgIpc) is 2.30. The van der Waals surface area contributed by atoms with E-state index in [-0.39, 0.29) is 5.56 Å². The van der Waals surface area contributed by atoms with Crippen LogP contribution in [0.1, 0.15) is 17.2 Å². The van der Waals surface area contributed by atoms with Crippen molar-refractivity contribution in [1.29, 1.82) is 0 Å². The number of hydrogen-bond donors (Lipinski definition) is 1. The summed E-state index contributed by atoms with van der Waals surface area (Å²) in [5, 5.41) is 0. The molecule has 2 N–H and O–H groups in total. The Morgan fingerprint density at radius 3 is 2.21 bits per heavy atom. The highest BCUT2D eigenvalue weighted by Gasteiger charge is 2.18. The van der Waals surface area contributed by atoms with Crippen molar-refractivity contribution >= 4 is 31.9 Å². The quantitative estimate of drug-likeness (QED) is 0.805. The standard InChI is InChI=1S/C14H11Br2F2N/c15-9-6-11(17)14(12(18)7-9)13(19)5-8-3-1-2-4-10(8)16/h1-4,6-7,13H,5,19H2. The van der Waals surface area contributed by atoms with E-state index in [1.54, 1.807) is 0 Å². The van der Waals surface area contributed by atoms with Crippen LogP contribution in [0.25, 0.3) is 0 Å². The SMILES string of the molecule is NC(Cc1ccccc1Br)c1c(F)cc(Br)cc1F. The number of nitrogens with two attached hydrogens (primary N) is 1. The van der Waals surface area contributed by atoms with Gasteiger partial charge in [-0.15, -0.1) is 0 Å². The van der Waals surface area contributed by atoms with Crippen molar-refractivity contribution in [3.63, 3.8) is 0 Å². The Balaban J connectivity index is 2.31. The van der Waals surface area contributed by atoms with E-state index in [9.17, 15) is 8.78 Å². The normalized spacial score (nSPS) is 12.5. The maximum Gasteiger partial charge on any atom is 0.132 e. The summed E-state index contributed by atoms with van der Waals surface area (Å²) >= 11 is 6.44. The van der Waals surface area contributed by atoms with E-state index in [1.165, 1.54) is 12.1 Å². The predicted molar refractivity (Wildman–Crippen MR) is 78.8 cm³/mol. The third-order valence-electron chi connectivity index (χ3n) is 2.81. The second-order valence-electron chi connectivity index (χ2n) is 4.19. The first-order valence-electron chi connectivity index (χ1n) is 5.62. The minimum atomic E-state index is -0.730. The van der Waals surface area contributed by atoms with Crippen molar-refractivity contribution in [2.45, 2.75) is 12.5 Å². The summed E-state index contributed by atoms with van der Waals surface area (Å²) in [6, 6.07) is 9.19. The van der Waals surface area contributed by atoms with Crippen molar-refractivity contribution < 1.29 is 8.78 Å². The van der Waals surface area contributed by atoms with E-state index in [4.69, 9.17) is 5.73 Å². The fourth-order valence-corrected chi connectivity index (χ4v) is 2.76. The molecule has 0 spiro atoms. The average molecular weight is 391 g/mol. The summed E-state index contributed by atoms with van der Waals surface area (Å²) in [7, 11) is 0. The van der Waals surface area contributed by atoms with Crippen LogP contribution in [0.3, 0.4) is 0 Å². The highest BCUT2D eigenvalue weighted by atomic mass is 79.9. The number of rotatable bonds is 3. The topological polar surface area (TPSA) is 26.0 Å². The van der Waals surface area contributed by atoms with E-state index in [0.29, 0.717) is 10.9 Å². The lowest BCUT2D eigenvalue weighted by Crippen LogP contribution is -2.17. The minimum Gasteiger partial charge on any atom is -0.323 e. The molecule has 2 aromatic rings. The molecule has 100 valence electrons. The lowest BCUT2D eigenvalue weighted by molar-refractivity contribution is 0.523. The molecule has 0 radical (unpaired) electrons. The van der Waals surface area contributed by atoms with E-state index < -0.39 is 17.7 Å². The van der Waals surface area contributed by atoms with Gasteiger partial charge in [0.1, 0.15) is 11.6 Å². The summed E-state index contributed by atoms with van der Waals surface area (Å²) in [5.41, 5.74) is 6.76. The Kier molecular flexibility index (Phi) is 4.71. The molecule has 0 aliphatic heterocycles. The fourth-order valence-electron chi connectivity index (χ4n) is 1.91. The van der Waals surface area contributed by atoms with Gasteiger partial charge in [0, 0.05) is 20.6 Å². The van der Waals surface area contributed by atoms with Gasteiger partial charge in [-0.25, -0.2) is 8.78 Å². The molecule has 2 aromatic carbocycles. The van der Waals surface area contributed by atoms with Crippen molar-refractivity contribution in [3.8, 4) is 0 Å². The smallest absolute Gasteiger partial charge is 0.132 e. The van der Waals surface area contributed by atoms with Crippen molar-refractivity contribution in [1.82, 2.24) is 0 Å². The van der Waals surface area contributed by atoms with Gasteiger partial charge in [0.05, 0.1) is 0 Å². The third-order valence-corrected chi connectivity index (χ3v) is 4.04. The molecule has 0 saturated carbocycles. The molecule has 0 aromatic heterocycles. The fraction of sp³-hybridized carbons (Fsp3) is 0.143. The van der Waals surface area contributed by atoms with Gasteiger partial charge in [0.15, 0.2) is 0 Å². The number of halogens is 4. The Morgan fingerprint density at radius 1 is 1.05 bits per heavy atom. The van der Waals surface area contributed by atoms with Gasteiger partial charge in [-0.3, -0.25) is 0 Å². The van der Waals surface area contributed by atoms with Crippen LogP contribution in [0.5, 0.6) is 0 Å². The summed E-state index contributed by atoms with van der Waals surface area (Å²) < 4.78 is 28.8. The Morgan fingerprint density at radius 2 is 1.63 bits per heavy atom. The van der Waals surface area contributed by atoms with E-state index in [0.717, 1.165) is 10.0 Å². The third kappa shape index (κ3) is 3.41. The zero-order valence-electron chi connectivity index (χ0n) is 9.84. The predicted octanol–water partition coefficient (Wildman–Crippen LogP) is 4.73. The molecule has 0 aliphatic rings. The molecular weight excluding hydrogens is 380 g/mol. The Bertz CT molecular complexity index is 579. The summed E-state index contributed by atoms with van der Waals surface area (Å²) in [5.74, 6) is -1.27. The molecule has 2 rings (SSSR count). The zero-order chi connectivity index (χ0) is 14.0. The highest BCUT2D eigenvalue weighted by molar-refractivity contribution is 9.10. The van der Waals surface area contributed by atoms with Gasteiger partial charge < -0.3 is 5.73 Å². The van der Waals surface area contributed by atoms with Crippen LogP contribution in [0.4, 0.5) is 8.78 Å². The largest absolute Gasteiger partial charge is 0.323 e. The summed E-state index contributed by atoms with van der Waals surface area (Å²) in [6.07, 6.45) is 0.358. The molecular formula is C14H11Br2F2N. The van der Waals surface area contributed by atoms with E-state index >= 15 is 0 Å². The van der Waals surface area contributed by atoms with Gasteiger partial charge in [0.2, 0.25) is 0 Å². The first-order chi connectivity index (χ1) is 8.99. The molecule has 1 unspecified atom stereocenters. The molecule has 5 heteroatoms. The molecule has 0 bridgehead atoms. The van der Waals surface area contributed by atoms with Gasteiger partial charge in [0.25, 0.3) is 0 Å². The second kappa shape index (κ2) is 6.11. The lowest BCUT2D eigenvalue weighted by atomic mass is 9.99. The van der Waals surface area contributed by atoms with E-state index in [2.05, 4.69) is 31.9 Å². The first kappa shape index (κ1) is 14.6. The molecule has 1 atom stereocenters. The zero-order valence-corrected chi connectivity index (χ0v) is 13.0. The highest BCUT2D eigenvalue weighted by Crippen LogP contribution is 2.27. The molecule has 1 nitrogen and oxygen atoms in total. The molecule has 0 aliphatic carbocycles. The monoisotopic (exact) mass is 389 g/mol. The van der Waals surface area contributed by atoms with Crippen LogP contribution >= 0.6 is 31.9 Å². The van der Waals surface area contributed by atoms with Gasteiger partial charge in [-0.2, -0.15) is 0 Å². The van der Waals surface area contributed by atoms with Crippen LogP contribution in [0.2, 0.25) is 0 Å². The van der Waals surface area contributed by atoms with Gasteiger partial charge >= 0.3 is 0 Å². The summed E-state index contributed by atoms with van der Waals surface area (Å²) in [6.45, 7) is 0. The maximum atomic E-state index is 13.8. The molecule has 0 saturated heterocycles. The van der Waals surface area contributed by atoms with E-state index in [1.807, 2.05) is 24.3 Å². The lowest BCUT2D eigenvalue weighted by Gasteiger charge is -2.15. The minimum absolute atomic E-state index is 0.0843. The van der Waals surface area contributed by atoms with Crippen LogP contribution in [0, 0.1) is 11.6 Å². The van der Waals surface area contributed by atoms with Gasteiger partial charge in [-0.05, 0) is 30.2 Å². The molecule has 0 amide bonds. The van der Waals surface area contributed by atoms with Crippen LogP contribution in [-0.2, 0) is 6.42 Å². The van der Waals surface area contributed by atoms with Crippen molar-refractivity contribution in [2.24, 2.45) is 5.73 Å². The van der Waals surface area contributed by atoms with Crippen molar-refractivity contribution in [2.75, 3.05) is 0 Å². The Hall–Kier alpha value is -0.780. The first-order valence-corrected chi connectivity index (χ1v) is 7.21. The van der Waals surface area contributed by atoms with Crippen LogP contribution < -0.4 is 5.73 Å². The molecule has 19 heavy (non-hydrogen) atoms.